The van der Waals surface area contributed by atoms with Crippen LogP contribution in [0.3, 0.4) is 0 Å². The summed E-state index contributed by atoms with van der Waals surface area (Å²) in [5.41, 5.74) is 0.576. The fraction of sp³-hybridized carbons (Fsp3) is 0.312. The highest BCUT2D eigenvalue weighted by atomic mass is 32.1. The van der Waals surface area contributed by atoms with Gasteiger partial charge in [0.25, 0.3) is 11.5 Å². The number of nitrogens with zero attached hydrogens (tertiary/aromatic N) is 3. The number of nitrogens with one attached hydrogen (secondary N) is 2. The van der Waals surface area contributed by atoms with Gasteiger partial charge in [0.1, 0.15) is 10.7 Å². The zero-order valence-corrected chi connectivity index (χ0v) is 15.0. The standard InChI is InChI=1S/C16H17N5O3S/c1-7-5-10(11-12(17-7)21(4)16(24)20-14(11)23)13(22)19-9(3)15-18-8(2)6-25-15/h5-6,9H,1-4H3,(H,19,22)(H,20,23,24). The topological polar surface area (TPSA) is 110 Å². The van der Waals surface area contributed by atoms with Crippen LogP contribution in [0.5, 0.6) is 0 Å². The molecule has 0 aliphatic rings. The third-order valence-corrected chi connectivity index (χ3v) is 4.94. The van der Waals surface area contributed by atoms with E-state index in [1.54, 1.807) is 6.92 Å². The molecule has 3 rings (SSSR count). The van der Waals surface area contributed by atoms with E-state index in [2.05, 4.69) is 20.3 Å². The van der Waals surface area contributed by atoms with Gasteiger partial charge in [-0.1, -0.05) is 0 Å². The van der Waals surface area contributed by atoms with E-state index in [4.69, 9.17) is 0 Å². The average Bonchev–Trinajstić information content (AvgIpc) is 2.98. The zero-order chi connectivity index (χ0) is 18.3. The molecular weight excluding hydrogens is 342 g/mol. The lowest BCUT2D eigenvalue weighted by Gasteiger charge is -2.13. The van der Waals surface area contributed by atoms with Crippen molar-refractivity contribution >= 4 is 28.3 Å². The van der Waals surface area contributed by atoms with Crippen molar-refractivity contribution in [2.24, 2.45) is 7.05 Å². The van der Waals surface area contributed by atoms with E-state index in [9.17, 15) is 14.4 Å². The molecule has 3 aromatic rings. The second-order valence-electron chi connectivity index (χ2n) is 5.85. The number of rotatable bonds is 3. The molecule has 3 aromatic heterocycles. The summed E-state index contributed by atoms with van der Waals surface area (Å²) in [6, 6.07) is 1.23. The smallest absolute Gasteiger partial charge is 0.329 e. The second-order valence-corrected chi connectivity index (χ2v) is 6.74. The van der Waals surface area contributed by atoms with Gasteiger partial charge in [-0.2, -0.15) is 0 Å². The fourth-order valence-corrected chi connectivity index (χ4v) is 3.35. The first-order valence-corrected chi connectivity index (χ1v) is 8.49. The lowest BCUT2D eigenvalue weighted by atomic mass is 10.1. The number of amides is 1. The normalized spacial score (nSPS) is 12.3. The third kappa shape index (κ3) is 3.10. The van der Waals surface area contributed by atoms with Crippen LogP contribution in [0.2, 0.25) is 0 Å². The van der Waals surface area contributed by atoms with Crippen molar-refractivity contribution in [3.63, 3.8) is 0 Å². The number of H-pyrrole nitrogens is 1. The summed E-state index contributed by atoms with van der Waals surface area (Å²) >= 11 is 1.46. The van der Waals surface area contributed by atoms with Crippen molar-refractivity contribution in [1.82, 2.24) is 24.8 Å². The first-order valence-electron chi connectivity index (χ1n) is 7.61. The molecule has 0 aliphatic carbocycles. The summed E-state index contributed by atoms with van der Waals surface area (Å²) in [5.74, 6) is -0.417. The Hall–Kier alpha value is -2.81. The van der Waals surface area contributed by atoms with Crippen LogP contribution in [-0.4, -0.2) is 25.4 Å². The van der Waals surface area contributed by atoms with Crippen molar-refractivity contribution < 1.29 is 4.79 Å². The van der Waals surface area contributed by atoms with Gasteiger partial charge < -0.3 is 5.32 Å². The van der Waals surface area contributed by atoms with E-state index in [1.165, 1.54) is 29.0 Å². The van der Waals surface area contributed by atoms with E-state index in [0.717, 1.165) is 10.7 Å². The largest absolute Gasteiger partial charge is 0.343 e. The van der Waals surface area contributed by atoms with Crippen molar-refractivity contribution in [2.75, 3.05) is 0 Å². The molecule has 8 nitrogen and oxygen atoms in total. The zero-order valence-electron chi connectivity index (χ0n) is 14.2. The number of carbonyl (C=O) groups excluding carboxylic acids is 1. The number of hydrogen-bond donors (Lipinski definition) is 2. The monoisotopic (exact) mass is 359 g/mol. The van der Waals surface area contributed by atoms with Crippen LogP contribution in [0.4, 0.5) is 0 Å². The molecular formula is C16H17N5O3S. The number of thiazole rings is 1. The summed E-state index contributed by atoms with van der Waals surface area (Å²) in [6.45, 7) is 5.41. The van der Waals surface area contributed by atoms with Gasteiger partial charge in [-0.15, -0.1) is 11.3 Å². The number of pyridine rings is 1. The molecule has 0 aromatic carbocycles. The summed E-state index contributed by atoms with van der Waals surface area (Å²) in [5, 5.41) is 5.63. The summed E-state index contributed by atoms with van der Waals surface area (Å²) < 4.78 is 1.22. The maximum Gasteiger partial charge on any atom is 0.329 e. The average molecular weight is 359 g/mol. The molecule has 0 bridgehead atoms. The van der Waals surface area contributed by atoms with Crippen molar-refractivity contribution in [1.29, 1.82) is 0 Å². The van der Waals surface area contributed by atoms with Gasteiger partial charge in [0, 0.05) is 23.8 Å². The second kappa shape index (κ2) is 6.25. The molecule has 3 heterocycles. The molecule has 0 aliphatic heterocycles. The molecule has 1 amide bonds. The molecule has 2 N–H and O–H groups in total. The Morgan fingerprint density at radius 1 is 1.28 bits per heavy atom. The van der Waals surface area contributed by atoms with Gasteiger partial charge in [-0.3, -0.25) is 19.1 Å². The molecule has 0 saturated heterocycles. The number of hydrogen-bond acceptors (Lipinski definition) is 6. The van der Waals surface area contributed by atoms with Gasteiger partial charge in [0.2, 0.25) is 0 Å². The minimum absolute atomic E-state index is 0.0905. The molecule has 1 unspecified atom stereocenters. The summed E-state index contributed by atoms with van der Waals surface area (Å²) in [7, 11) is 1.50. The highest BCUT2D eigenvalue weighted by molar-refractivity contribution is 7.09. The van der Waals surface area contributed by atoms with Crippen LogP contribution >= 0.6 is 11.3 Å². The van der Waals surface area contributed by atoms with Crippen molar-refractivity contribution in [2.45, 2.75) is 26.8 Å². The van der Waals surface area contributed by atoms with Crippen LogP contribution in [0, 0.1) is 13.8 Å². The Morgan fingerprint density at radius 2 is 2.00 bits per heavy atom. The number of aromatic amines is 1. The first kappa shape index (κ1) is 17.0. The predicted molar refractivity (Wildman–Crippen MR) is 95.1 cm³/mol. The molecule has 0 spiro atoms. The van der Waals surface area contributed by atoms with E-state index in [1.807, 2.05) is 19.2 Å². The minimum atomic E-state index is -0.631. The van der Waals surface area contributed by atoms with Gasteiger partial charge >= 0.3 is 5.69 Å². The van der Waals surface area contributed by atoms with Crippen LogP contribution in [0.1, 0.15) is 39.7 Å². The number of carbonyl (C=O) groups is 1. The molecule has 130 valence electrons. The van der Waals surface area contributed by atoms with Crippen molar-refractivity contribution in [3.05, 3.63) is 54.2 Å². The predicted octanol–water partition coefficient (Wildman–Crippen LogP) is 1.19. The minimum Gasteiger partial charge on any atom is -0.343 e. The Morgan fingerprint density at radius 3 is 2.64 bits per heavy atom. The Kier molecular flexibility index (Phi) is 4.25. The van der Waals surface area contributed by atoms with Crippen LogP contribution < -0.4 is 16.6 Å². The van der Waals surface area contributed by atoms with E-state index in [-0.39, 0.29) is 22.6 Å². The van der Waals surface area contributed by atoms with Gasteiger partial charge in [0.15, 0.2) is 0 Å². The number of aryl methyl sites for hydroxylation is 3. The molecule has 25 heavy (non-hydrogen) atoms. The lowest BCUT2D eigenvalue weighted by Crippen LogP contribution is -2.32. The molecule has 0 radical (unpaired) electrons. The Labute approximate surface area is 146 Å². The van der Waals surface area contributed by atoms with Crippen LogP contribution in [0.15, 0.2) is 21.0 Å². The quantitative estimate of drug-likeness (QED) is 0.730. The highest BCUT2D eigenvalue weighted by Crippen LogP contribution is 2.19. The molecule has 9 heteroatoms. The van der Waals surface area contributed by atoms with Gasteiger partial charge in [-0.25, -0.2) is 14.8 Å². The van der Waals surface area contributed by atoms with Gasteiger partial charge in [-0.05, 0) is 26.8 Å². The van der Waals surface area contributed by atoms with Gasteiger partial charge in [0.05, 0.1) is 17.0 Å². The summed E-state index contributed by atoms with van der Waals surface area (Å²) in [6.07, 6.45) is 0. The maximum absolute atomic E-state index is 12.7. The molecule has 0 fully saturated rings. The maximum atomic E-state index is 12.7. The Bertz CT molecular complexity index is 1100. The first-order chi connectivity index (χ1) is 11.8. The molecule has 0 saturated carbocycles. The SMILES string of the molecule is Cc1csc(C(C)NC(=O)c2cc(C)nc3c2c(=O)[nH]c(=O)n3C)n1. The fourth-order valence-electron chi connectivity index (χ4n) is 2.55. The third-order valence-electron chi connectivity index (χ3n) is 3.80. The number of aromatic nitrogens is 4. The summed E-state index contributed by atoms with van der Waals surface area (Å²) in [4.78, 5) is 47.6. The van der Waals surface area contributed by atoms with Crippen LogP contribution in [0.25, 0.3) is 11.0 Å². The van der Waals surface area contributed by atoms with E-state index in [0.29, 0.717) is 5.69 Å². The van der Waals surface area contributed by atoms with Crippen molar-refractivity contribution in [3.8, 4) is 0 Å². The van der Waals surface area contributed by atoms with E-state index >= 15 is 0 Å². The Balaban J connectivity index is 2.09. The highest BCUT2D eigenvalue weighted by Gasteiger charge is 2.20. The lowest BCUT2D eigenvalue weighted by molar-refractivity contribution is 0.0941. The molecule has 1 atom stereocenters. The van der Waals surface area contributed by atoms with E-state index < -0.39 is 17.2 Å². The van der Waals surface area contributed by atoms with Crippen LogP contribution in [-0.2, 0) is 7.05 Å². The number of fused-ring (bicyclic) bond motifs is 1.